The average Bonchev–Trinajstić information content (AvgIpc) is 2.69. The quantitative estimate of drug-likeness (QED) is 0.689. The zero-order chi connectivity index (χ0) is 19.9. The fourth-order valence-corrected chi connectivity index (χ4v) is 3.49. The van der Waals surface area contributed by atoms with E-state index < -0.39 is 0 Å². The van der Waals surface area contributed by atoms with Crippen molar-refractivity contribution in [3.63, 3.8) is 0 Å². The number of urea groups is 1. The first-order valence-electron chi connectivity index (χ1n) is 9.56. The van der Waals surface area contributed by atoms with Gasteiger partial charge in [0, 0.05) is 43.9 Å². The van der Waals surface area contributed by atoms with Crippen LogP contribution < -0.4 is 20.9 Å². The van der Waals surface area contributed by atoms with Gasteiger partial charge >= 0.3 is 6.03 Å². The second-order valence-corrected chi connectivity index (χ2v) is 7.65. The fraction of sp³-hybridized carbons (Fsp3) is 0.450. The minimum atomic E-state index is -0.154. The van der Waals surface area contributed by atoms with Gasteiger partial charge in [0.15, 0.2) is 0 Å². The van der Waals surface area contributed by atoms with Gasteiger partial charge in [0.2, 0.25) is 5.95 Å². The maximum atomic E-state index is 12.2. The maximum absolute atomic E-state index is 12.2. The van der Waals surface area contributed by atoms with Crippen LogP contribution in [0.2, 0.25) is 5.02 Å². The molecule has 1 heterocycles. The molecule has 8 heteroatoms. The second-order valence-electron chi connectivity index (χ2n) is 7.24. The van der Waals surface area contributed by atoms with Gasteiger partial charge in [0.25, 0.3) is 0 Å². The van der Waals surface area contributed by atoms with Crippen LogP contribution in [0, 0.1) is 0 Å². The van der Waals surface area contributed by atoms with E-state index in [2.05, 4.69) is 25.9 Å². The number of aromatic nitrogens is 2. The molecule has 3 rings (SSSR count). The lowest BCUT2D eigenvalue weighted by molar-refractivity contribution is 0.231. The minimum Gasteiger partial charge on any atom is -0.363 e. The standard InChI is InChI=1S/C20H27ClN6O/c1-27(2)18-11-12-22-19(26-18)24-15-7-9-16(10-8-15)25-20(28)23-13-14-5-3-4-6-17(14)21/h3-6,11-12,15-16H,7-10,13H2,1-2H3,(H,22,24,26)(H2,23,25,28). The Morgan fingerprint density at radius 3 is 2.57 bits per heavy atom. The number of hydrogen-bond acceptors (Lipinski definition) is 5. The van der Waals surface area contributed by atoms with E-state index in [1.807, 2.05) is 49.3 Å². The number of nitrogens with one attached hydrogen (secondary N) is 3. The van der Waals surface area contributed by atoms with Crippen molar-refractivity contribution in [3.8, 4) is 0 Å². The van der Waals surface area contributed by atoms with Gasteiger partial charge in [-0.05, 0) is 43.4 Å². The highest BCUT2D eigenvalue weighted by atomic mass is 35.5. The van der Waals surface area contributed by atoms with Crippen LogP contribution >= 0.6 is 11.6 Å². The van der Waals surface area contributed by atoms with E-state index in [1.165, 1.54) is 0 Å². The third-order valence-corrected chi connectivity index (χ3v) is 5.26. The van der Waals surface area contributed by atoms with Crippen LogP contribution in [-0.4, -0.2) is 42.2 Å². The van der Waals surface area contributed by atoms with E-state index in [0.29, 0.717) is 23.6 Å². The fourth-order valence-electron chi connectivity index (χ4n) is 3.29. The third kappa shape index (κ3) is 5.73. The van der Waals surface area contributed by atoms with Crippen molar-refractivity contribution in [3.05, 3.63) is 47.1 Å². The molecule has 0 unspecified atom stereocenters. The molecule has 1 aliphatic rings. The summed E-state index contributed by atoms with van der Waals surface area (Å²) < 4.78 is 0. The second kappa shape index (κ2) is 9.59. The Balaban J connectivity index is 1.41. The third-order valence-electron chi connectivity index (χ3n) is 4.89. The van der Waals surface area contributed by atoms with Gasteiger partial charge in [-0.1, -0.05) is 29.8 Å². The van der Waals surface area contributed by atoms with Crippen molar-refractivity contribution in [1.29, 1.82) is 0 Å². The summed E-state index contributed by atoms with van der Waals surface area (Å²) in [5, 5.41) is 10.0. The Kier molecular flexibility index (Phi) is 6.92. The van der Waals surface area contributed by atoms with Crippen molar-refractivity contribution < 1.29 is 4.79 Å². The molecular weight excluding hydrogens is 376 g/mol. The van der Waals surface area contributed by atoms with E-state index in [0.717, 1.165) is 37.1 Å². The molecule has 0 aliphatic heterocycles. The topological polar surface area (TPSA) is 82.2 Å². The smallest absolute Gasteiger partial charge is 0.315 e. The first-order valence-corrected chi connectivity index (χ1v) is 9.93. The highest BCUT2D eigenvalue weighted by Crippen LogP contribution is 2.22. The number of halogens is 1. The Hall–Kier alpha value is -2.54. The monoisotopic (exact) mass is 402 g/mol. The molecule has 28 heavy (non-hydrogen) atoms. The van der Waals surface area contributed by atoms with Gasteiger partial charge < -0.3 is 20.9 Å². The molecule has 2 aromatic rings. The summed E-state index contributed by atoms with van der Waals surface area (Å²) in [5.41, 5.74) is 0.909. The van der Waals surface area contributed by atoms with Gasteiger partial charge in [-0.3, -0.25) is 0 Å². The molecule has 0 saturated heterocycles. The predicted octanol–water partition coefficient (Wildman–Crippen LogP) is 3.42. The van der Waals surface area contributed by atoms with Gasteiger partial charge in [-0.15, -0.1) is 0 Å². The molecule has 2 amide bonds. The zero-order valence-electron chi connectivity index (χ0n) is 16.3. The average molecular weight is 403 g/mol. The molecule has 0 atom stereocenters. The van der Waals surface area contributed by atoms with Crippen LogP contribution in [0.5, 0.6) is 0 Å². The summed E-state index contributed by atoms with van der Waals surface area (Å²) in [6.07, 6.45) is 5.53. The Bertz CT molecular complexity index is 792. The number of hydrogen-bond donors (Lipinski definition) is 3. The molecule has 0 spiro atoms. The van der Waals surface area contributed by atoms with Crippen LogP contribution in [0.4, 0.5) is 16.6 Å². The van der Waals surface area contributed by atoms with Crippen LogP contribution in [0.15, 0.2) is 36.5 Å². The summed E-state index contributed by atoms with van der Waals surface area (Å²) in [5.74, 6) is 1.53. The minimum absolute atomic E-state index is 0.154. The Morgan fingerprint density at radius 1 is 1.14 bits per heavy atom. The molecule has 1 aromatic heterocycles. The number of anilines is 2. The number of carbonyl (C=O) groups excluding carboxylic acids is 1. The van der Waals surface area contributed by atoms with E-state index >= 15 is 0 Å². The lowest BCUT2D eigenvalue weighted by Gasteiger charge is -2.29. The van der Waals surface area contributed by atoms with Gasteiger partial charge in [0.1, 0.15) is 5.82 Å². The number of rotatable bonds is 6. The zero-order valence-corrected chi connectivity index (χ0v) is 17.0. The molecule has 1 aliphatic carbocycles. The number of amides is 2. The Labute approximate surface area is 170 Å². The summed E-state index contributed by atoms with van der Waals surface area (Å²) in [4.78, 5) is 22.9. The van der Waals surface area contributed by atoms with Crippen LogP contribution in [0.3, 0.4) is 0 Å². The van der Waals surface area contributed by atoms with Crippen molar-refractivity contribution in [2.75, 3.05) is 24.3 Å². The predicted molar refractivity (Wildman–Crippen MR) is 113 cm³/mol. The van der Waals surface area contributed by atoms with Crippen molar-refractivity contribution in [2.45, 2.75) is 44.3 Å². The summed E-state index contributed by atoms with van der Waals surface area (Å²) in [7, 11) is 3.92. The molecule has 7 nitrogen and oxygen atoms in total. The van der Waals surface area contributed by atoms with Crippen molar-refractivity contribution in [2.24, 2.45) is 0 Å². The lowest BCUT2D eigenvalue weighted by Crippen LogP contribution is -2.44. The molecule has 0 bridgehead atoms. The van der Waals surface area contributed by atoms with Crippen LogP contribution in [0.25, 0.3) is 0 Å². The molecule has 150 valence electrons. The highest BCUT2D eigenvalue weighted by Gasteiger charge is 2.23. The van der Waals surface area contributed by atoms with Crippen LogP contribution in [-0.2, 0) is 6.54 Å². The van der Waals surface area contributed by atoms with Gasteiger partial charge in [0.05, 0.1) is 0 Å². The molecular formula is C20H27ClN6O. The summed E-state index contributed by atoms with van der Waals surface area (Å²) >= 11 is 6.12. The summed E-state index contributed by atoms with van der Waals surface area (Å²) in [6.45, 7) is 0.419. The van der Waals surface area contributed by atoms with Gasteiger partial charge in [-0.2, -0.15) is 4.98 Å². The van der Waals surface area contributed by atoms with E-state index in [-0.39, 0.29) is 12.1 Å². The van der Waals surface area contributed by atoms with Gasteiger partial charge in [-0.25, -0.2) is 9.78 Å². The Morgan fingerprint density at radius 2 is 1.86 bits per heavy atom. The molecule has 3 N–H and O–H groups in total. The van der Waals surface area contributed by atoms with Crippen molar-refractivity contribution in [1.82, 2.24) is 20.6 Å². The first kappa shape index (κ1) is 20.2. The van der Waals surface area contributed by atoms with E-state index in [9.17, 15) is 4.79 Å². The molecule has 0 radical (unpaired) electrons. The largest absolute Gasteiger partial charge is 0.363 e. The van der Waals surface area contributed by atoms with E-state index in [1.54, 1.807) is 6.20 Å². The summed E-state index contributed by atoms with van der Waals surface area (Å²) in [6, 6.07) is 9.74. The highest BCUT2D eigenvalue weighted by molar-refractivity contribution is 6.31. The first-order chi connectivity index (χ1) is 13.5. The van der Waals surface area contributed by atoms with Crippen LogP contribution in [0.1, 0.15) is 31.2 Å². The normalized spacial score (nSPS) is 19.0. The molecule has 1 fully saturated rings. The SMILES string of the molecule is CN(C)c1ccnc(NC2CCC(NC(=O)NCc3ccccc3Cl)CC2)n1. The maximum Gasteiger partial charge on any atom is 0.315 e. The number of nitrogens with zero attached hydrogens (tertiary/aromatic N) is 3. The number of carbonyl (C=O) groups is 1. The number of benzene rings is 1. The van der Waals surface area contributed by atoms with Crippen molar-refractivity contribution >= 4 is 29.4 Å². The lowest BCUT2D eigenvalue weighted by atomic mass is 9.91. The molecule has 1 saturated carbocycles. The van der Waals surface area contributed by atoms with E-state index in [4.69, 9.17) is 11.6 Å². The molecule has 1 aromatic carbocycles.